The number of hydrogen-bond donors (Lipinski definition) is 2. The van der Waals surface area contributed by atoms with Gasteiger partial charge in [-0.3, -0.25) is 4.79 Å². The van der Waals surface area contributed by atoms with Gasteiger partial charge in [0.1, 0.15) is 10.6 Å². The molecule has 1 fully saturated rings. The number of carbonyl (C=O) groups is 2. The standard InChI is InChI=1S/C24H25N3O4S/c1-26-11-13-27(14-12-26)20-6-4-3-5-18(20)22-19(15-21(32-22)24(29)30)23(28)25-16-7-9-17(31-2)10-8-16/h3-10,15H,11-14H2,1-2H3,(H,25,28)(H,29,30). The normalized spacial score (nSPS) is 14.2. The molecule has 0 aliphatic carbocycles. The van der Waals surface area contributed by atoms with Gasteiger partial charge in [-0.2, -0.15) is 0 Å². The molecule has 4 rings (SSSR count). The highest BCUT2D eigenvalue weighted by Crippen LogP contribution is 2.39. The predicted octanol–water partition coefficient (Wildman–Crippen LogP) is 4.13. The Morgan fingerprint density at radius 2 is 1.72 bits per heavy atom. The van der Waals surface area contributed by atoms with Gasteiger partial charge >= 0.3 is 5.97 Å². The smallest absolute Gasteiger partial charge is 0.345 e. The molecule has 32 heavy (non-hydrogen) atoms. The van der Waals surface area contributed by atoms with E-state index in [1.54, 1.807) is 31.4 Å². The molecule has 1 amide bonds. The third-order valence-electron chi connectivity index (χ3n) is 5.53. The Morgan fingerprint density at radius 1 is 1.03 bits per heavy atom. The number of piperazine rings is 1. The van der Waals surface area contributed by atoms with Gasteiger partial charge in [0.05, 0.1) is 12.7 Å². The summed E-state index contributed by atoms with van der Waals surface area (Å²) in [5.74, 6) is -0.701. The molecule has 1 aromatic heterocycles. The van der Waals surface area contributed by atoms with Gasteiger partial charge in [0, 0.05) is 48.0 Å². The number of hydrogen-bond acceptors (Lipinski definition) is 6. The number of likely N-dealkylation sites (N-methyl/N-ethyl adjacent to an activating group) is 1. The number of carboxylic acids is 1. The number of para-hydroxylation sites is 1. The summed E-state index contributed by atoms with van der Waals surface area (Å²) in [6.45, 7) is 3.64. The third kappa shape index (κ3) is 4.61. The van der Waals surface area contributed by atoms with Crippen LogP contribution in [0.4, 0.5) is 11.4 Å². The highest BCUT2D eigenvalue weighted by Gasteiger charge is 2.24. The zero-order valence-corrected chi connectivity index (χ0v) is 18.8. The lowest BCUT2D eigenvalue weighted by Crippen LogP contribution is -2.44. The Morgan fingerprint density at radius 3 is 2.38 bits per heavy atom. The quantitative estimate of drug-likeness (QED) is 0.587. The number of carboxylic acid groups (broad SMARTS) is 1. The molecule has 166 valence electrons. The van der Waals surface area contributed by atoms with Crippen LogP contribution in [-0.2, 0) is 0 Å². The molecule has 8 heteroatoms. The number of amides is 1. The van der Waals surface area contributed by atoms with Crippen molar-refractivity contribution < 1.29 is 19.4 Å². The predicted molar refractivity (Wildman–Crippen MR) is 127 cm³/mol. The third-order valence-corrected chi connectivity index (χ3v) is 6.68. The molecule has 1 saturated heterocycles. The molecule has 0 spiro atoms. The van der Waals surface area contributed by atoms with Crippen molar-refractivity contribution in [1.82, 2.24) is 4.90 Å². The Balaban J connectivity index is 1.70. The van der Waals surface area contributed by atoms with Gasteiger partial charge in [-0.25, -0.2) is 4.79 Å². The first-order valence-electron chi connectivity index (χ1n) is 10.3. The fraction of sp³-hybridized carbons (Fsp3) is 0.250. The number of anilines is 2. The average Bonchev–Trinajstić information content (AvgIpc) is 3.26. The van der Waals surface area contributed by atoms with Crippen molar-refractivity contribution in [1.29, 1.82) is 0 Å². The summed E-state index contributed by atoms with van der Waals surface area (Å²) in [5.41, 5.74) is 2.84. The summed E-state index contributed by atoms with van der Waals surface area (Å²) in [6, 6.07) is 16.4. The van der Waals surface area contributed by atoms with Crippen LogP contribution in [0.3, 0.4) is 0 Å². The molecule has 2 aromatic carbocycles. The van der Waals surface area contributed by atoms with E-state index in [0.29, 0.717) is 21.9 Å². The van der Waals surface area contributed by atoms with E-state index in [9.17, 15) is 14.7 Å². The minimum atomic E-state index is -1.04. The zero-order valence-electron chi connectivity index (χ0n) is 18.0. The van der Waals surface area contributed by atoms with E-state index >= 15 is 0 Å². The van der Waals surface area contributed by atoms with Gasteiger partial charge in [-0.15, -0.1) is 11.3 Å². The summed E-state index contributed by atoms with van der Waals surface area (Å²) in [6.07, 6.45) is 0. The molecule has 2 N–H and O–H groups in total. The van der Waals surface area contributed by atoms with Gasteiger partial charge in [-0.1, -0.05) is 18.2 Å². The van der Waals surface area contributed by atoms with Gasteiger partial charge < -0.3 is 25.0 Å². The summed E-state index contributed by atoms with van der Waals surface area (Å²) in [7, 11) is 3.68. The molecule has 0 bridgehead atoms. The average molecular weight is 452 g/mol. The summed E-state index contributed by atoms with van der Waals surface area (Å²) >= 11 is 1.13. The van der Waals surface area contributed by atoms with Crippen LogP contribution in [-0.4, -0.2) is 62.2 Å². The maximum absolute atomic E-state index is 13.2. The summed E-state index contributed by atoms with van der Waals surface area (Å²) in [4.78, 5) is 30.3. The summed E-state index contributed by atoms with van der Waals surface area (Å²) in [5, 5.41) is 12.5. The SMILES string of the molecule is COc1ccc(NC(=O)c2cc(C(=O)O)sc2-c2ccccc2N2CCN(C)CC2)cc1. The molecule has 2 heterocycles. The van der Waals surface area contributed by atoms with Crippen molar-refractivity contribution in [3.05, 3.63) is 65.0 Å². The molecule has 1 aliphatic heterocycles. The molecular formula is C24H25N3O4S. The van der Waals surface area contributed by atoms with Crippen molar-refractivity contribution in [3.63, 3.8) is 0 Å². The lowest BCUT2D eigenvalue weighted by Gasteiger charge is -2.35. The van der Waals surface area contributed by atoms with Crippen LogP contribution < -0.4 is 15.0 Å². The molecule has 3 aromatic rings. The van der Waals surface area contributed by atoms with Crippen molar-refractivity contribution in [3.8, 4) is 16.2 Å². The lowest BCUT2D eigenvalue weighted by molar-refractivity contribution is 0.0702. The number of methoxy groups -OCH3 is 1. The van der Waals surface area contributed by atoms with Crippen LogP contribution in [0.15, 0.2) is 54.6 Å². The maximum atomic E-state index is 13.2. The minimum absolute atomic E-state index is 0.132. The van der Waals surface area contributed by atoms with Gasteiger partial charge in [0.25, 0.3) is 5.91 Å². The Labute approximate surface area is 190 Å². The number of rotatable bonds is 6. The molecule has 0 saturated carbocycles. The Hall–Kier alpha value is -3.36. The number of nitrogens with zero attached hydrogens (tertiary/aromatic N) is 2. The van der Waals surface area contributed by atoms with Crippen molar-refractivity contribution >= 4 is 34.6 Å². The molecule has 0 unspecified atom stereocenters. The maximum Gasteiger partial charge on any atom is 0.345 e. The van der Waals surface area contributed by atoms with E-state index in [4.69, 9.17) is 4.74 Å². The van der Waals surface area contributed by atoms with Crippen LogP contribution in [0.1, 0.15) is 20.0 Å². The van der Waals surface area contributed by atoms with Crippen LogP contribution in [0.25, 0.3) is 10.4 Å². The molecule has 0 atom stereocenters. The second-order valence-electron chi connectivity index (χ2n) is 7.65. The van der Waals surface area contributed by atoms with Gasteiger partial charge in [0.2, 0.25) is 0 Å². The minimum Gasteiger partial charge on any atom is -0.497 e. The number of ether oxygens (including phenoxy) is 1. The first-order chi connectivity index (χ1) is 15.5. The molecule has 0 radical (unpaired) electrons. The largest absolute Gasteiger partial charge is 0.497 e. The molecule has 7 nitrogen and oxygen atoms in total. The van der Waals surface area contributed by atoms with E-state index in [2.05, 4.69) is 22.2 Å². The Kier molecular flexibility index (Phi) is 6.43. The van der Waals surface area contributed by atoms with E-state index in [1.807, 2.05) is 24.3 Å². The van der Waals surface area contributed by atoms with Crippen LogP contribution in [0.5, 0.6) is 5.75 Å². The van der Waals surface area contributed by atoms with E-state index in [0.717, 1.165) is 48.8 Å². The van der Waals surface area contributed by atoms with Crippen molar-refractivity contribution in [2.75, 3.05) is 50.6 Å². The zero-order chi connectivity index (χ0) is 22.7. The first kappa shape index (κ1) is 21.9. The number of benzene rings is 2. The van der Waals surface area contributed by atoms with Crippen molar-refractivity contribution in [2.45, 2.75) is 0 Å². The van der Waals surface area contributed by atoms with E-state index < -0.39 is 5.97 Å². The molecular weight excluding hydrogens is 426 g/mol. The fourth-order valence-electron chi connectivity index (χ4n) is 3.73. The van der Waals surface area contributed by atoms with Crippen LogP contribution >= 0.6 is 11.3 Å². The number of carbonyl (C=O) groups excluding carboxylic acids is 1. The second kappa shape index (κ2) is 9.42. The van der Waals surface area contributed by atoms with E-state index in [-0.39, 0.29) is 10.8 Å². The fourth-order valence-corrected chi connectivity index (χ4v) is 4.75. The van der Waals surface area contributed by atoms with Crippen molar-refractivity contribution in [2.24, 2.45) is 0 Å². The number of nitrogens with one attached hydrogen (secondary N) is 1. The highest BCUT2D eigenvalue weighted by atomic mass is 32.1. The highest BCUT2D eigenvalue weighted by molar-refractivity contribution is 7.17. The number of thiophene rings is 1. The lowest BCUT2D eigenvalue weighted by atomic mass is 10.0. The second-order valence-corrected chi connectivity index (χ2v) is 8.70. The van der Waals surface area contributed by atoms with Gasteiger partial charge in [0.15, 0.2) is 0 Å². The summed E-state index contributed by atoms with van der Waals surface area (Å²) < 4.78 is 5.16. The van der Waals surface area contributed by atoms with E-state index in [1.165, 1.54) is 6.07 Å². The first-order valence-corrected chi connectivity index (χ1v) is 11.1. The van der Waals surface area contributed by atoms with Crippen LogP contribution in [0.2, 0.25) is 0 Å². The topological polar surface area (TPSA) is 82.1 Å². The number of aromatic carboxylic acids is 1. The van der Waals surface area contributed by atoms with Crippen LogP contribution in [0, 0.1) is 0 Å². The van der Waals surface area contributed by atoms with Gasteiger partial charge in [-0.05, 0) is 43.4 Å². The molecule has 1 aliphatic rings. The monoisotopic (exact) mass is 451 g/mol. The Bertz CT molecular complexity index is 1120.